The van der Waals surface area contributed by atoms with Gasteiger partial charge in [0, 0.05) is 31.9 Å². The van der Waals surface area contributed by atoms with Crippen LogP contribution in [0.5, 0.6) is 0 Å². The summed E-state index contributed by atoms with van der Waals surface area (Å²) in [5.74, 6) is 1.52. The van der Waals surface area contributed by atoms with Crippen LogP contribution < -0.4 is 5.32 Å². The van der Waals surface area contributed by atoms with E-state index in [0.717, 1.165) is 37.3 Å². The van der Waals surface area contributed by atoms with Crippen LogP contribution in [0, 0.1) is 5.92 Å². The topological polar surface area (TPSA) is 72.7 Å². The summed E-state index contributed by atoms with van der Waals surface area (Å²) >= 11 is 1.17. The lowest BCUT2D eigenvalue weighted by Gasteiger charge is -2.23. The first-order valence-electron chi connectivity index (χ1n) is 6.87. The predicted octanol–water partition coefficient (Wildman–Crippen LogP) is 1.29. The Morgan fingerprint density at radius 3 is 3.35 bits per heavy atom. The van der Waals surface area contributed by atoms with Gasteiger partial charge in [0.05, 0.1) is 5.69 Å². The smallest absolute Gasteiger partial charge is 0.264 e. The Labute approximate surface area is 121 Å². The number of amides is 1. The molecular weight excluding hydrogens is 274 g/mol. The molecule has 1 atom stereocenters. The van der Waals surface area contributed by atoms with Crippen LogP contribution in [0.3, 0.4) is 0 Å². The molecule has 6 nitrogen and oxygen atoms in total. The first kappa shape index (κ1) is 13.2. The molecule has 1 unspecified atom stereocenters. The largest absolute Gasteiger partial charge is 0.351 e. The summed E-state index contributed by atoms with van der Waals surface area (Å²) in [7, 11) is 0. The zero-order valence-corrected chi connectivity index (χ0v) is 12.2. The van der Waals surface area contributed by atoms with Gasteiger partial charge in [0.1, 0.15) is 10.7 Å². The van der Waals surface area contributed by atoms with E-state index in [0.29, 0.717) is 17.3 Å². The van der Waals surface area contributed by atoms with Gasteiger partial charge in [-0.1, -0.05) is 11.4 Å². The number of hydrogen-bond donors (Lipinski definition) is 1. The van der Waals surface area contributed by atoms with E-state index in [-0.39, 0.29) is 5.91 Å². The zero-order chi connectivity index (χ0) is 13.9. The third-order valence-corrected chi connectivity index (χ3v) is 4.47. The zero-order valence-electron chi connectivity index (χ0n) is 11.4. The maximum Gasteiger partial charge on any atom is 0.264 e. The second-order valence-electron chi connectivity index (χ2n) is 5.01. The first-order chi connectivity index (χ1) is 9.78. The summed E-state index contributed by atoms with van der Waals surface area (Å²) in [5, 5.41) is 6.97. The molecule has 0 saturated heterocycles. The Kier molecular flexibility index (Phi) is 3.77. The van der Waals surface area contributed by atoms with Crippen molar-refractivity contribution in [1.29, 1.82) is 0 Å². The quantitative estimate of drug-likeness (QED) is 0.921. The predicted molar refractivity (Wildman–Crippen MR) is 75.7 cm³/mol. The number of carbonyl (C=O) groups is 1. The average molecular weight is 291 g/mol. The highest BCUT2D eigenvalue weighted by molar-refractivity contribution is 7.08. The van der Waals surface area contributed by atoms with Gasteiger partial charge < -0.3 is 9.88 Å². The van der Waals surface area contributed by atoms with Gasteiger partial charge in [-0.25, -0.2) is 4.98 Å². The van der Waals surface area contributed by atoms with Gasteiger partial charge in [-0.05, 0) is 30.3 Å². The molecule has 1 amide bonds. The SMILES string of the molecule is CCc1nnsc1C(=O)NCC1CCn2ccnc2C1. The van der Waals surface area contributed by atoms with E-state index in [9.17, 15) is 4.79 Å². The first-order valence-corrected chi connectivity index (χ1v) is 7.64. The van der Waals surface area contributed by atoms with Crippen molar-refractivity contribution in [2.24, 2.45) is 5.92 Å². The molecule has 1 aliphatic heterocycles. The van der Waals surface area contributed by atoms with Crippen molar-refractivity contribution in [3.63, 3.8) is 0 Å². The molecule has 0 bridgehead atoms. The van der Waals surface area contributed by atoms with Crippen LogP contribution in [0.4, 0.5) is 0 Å². The summed E-state index contributed by atoms with van der Waals surface area (Å²) in [5.41, 5.74) is 0.784. The van der Waals surface area contributed by atoms with Crippen molar-refractivity contribution in [3.8, 4) is 0 Å². The van der Waals surface area contributed by atoms with E-state index in [1.807, 2.05) is 19.3 Å². The van der Waals surface area contributed by atoms with Crippen LogP contribution in [-0.4, -0.2) is 31.6 Å². The molecule has 0 aliphatic carbocycles. The van der Waals surface area contributed by atoms with E-state index < -0.39 is 0 Å². The number of aryl methyl sites for hydroxylation is 2. The molecular formula is C13H17N5OS. The van der Waals surface area contributed by atoms with Gasteiger partial charge in [0.2, 0.25) is 0 Å². The standard InChI is InChI=1S/C13H17N5OS/c1-2-10-12(20-17-16-10)13(19)15-8-9-3-5-18-6-4-14-11(18)7-9/h4,6,9H,2-3,5,7-8H2,1H3,(H,15,19). The number of rotatable bonds is 4. The van der Waals surface area contributed by atoms with Gasteiger partial charge in [0.15, 0.2) is 0 Å². The van der Waals surface area contributed by atoms with Crippen LogP contribution in [0.25, 0.3) is 0 Å². The number of carbonyl (C=O) groups excluding carboxylic acids is 1. The molecule has 2 aromatic heterocycles. The van der Waals surface area contributed by atoms with Crippen molar-refractivity contribution in [2.45, 2.75) is 32.7 Å². The third-order valence-electron chi connectivity index (χ3n) is 3.70. The fourth-order valence-electron chi connectivity index (χ4n) is 2.52. The van der Waals surface area contributed by atoms with E-state index >= 15 is 0 Å². The molecule has 106 valence electrons. The van der Waals surface area contributed by atoms with Gasteiger partial charge in [-0.2, -0.15) is 0 Å². The van der Waals surface area contributed by atoms with Crippen molar-refractivity contribution in [3.05, 3.63) is 28.8 Å². The summed E-state index contributed by atoms with van der Waals surface area (Å²) in [6.07, 6.45) is 6.59. The lowest BCUT2D eigenvalue weighted by molar-refractivity contribution is 0.0947. The van der Waals surface area contributed by atoms with Crippen LogP contribution in [-0.2, 0) is 19.4 Å². The van der Waals surface area contributed by atoms with Crippen LogP contribution >= 0.6 is 11.5 Å². The summed E-state index contributed by atoms with van der Waals surface area (Å²) < 4.78 is 6.03. The molecule has 1 aliphatic rings. The van der Waals surface area contributed by atoms with E-state index in [4.69, 9.17) is 0 Å². The highest BCUT2D eigenvalue weighted by atomic mass is 32.1. The molecule has 0 spiro atoms. The molecule has 20 heavy (non-hydrogen) atoms. The molecule has 0 saturated carbocycles. The second-order valence-corrected chi connectivity index (χ2v) is 5.76. The second kappa shape index (κ2) is 5.70. The van der Waals surface area contributed by atoms with Crippen LogP contribution in [0.15, 0.2) is 12.4 Å². The summed E-state index contributed by atoms with van der Waals surface area (Å²) in [6, 6.07) is 0. The van der Waals surface area contributed by atoms with Crippen molar-refractivity contribution in [2.75, 3.05) is 6.54 Å². The molecule has 0 radical (unpaired) electrons. The Hall–Kier alpha value is -1.76. The molecule has 0 aromatic carbocycles. The maximum absolute atomic E-state index is 12.1. The number of nitrogens with one attached hydrogen (secondary N) is 1. The third kappa shape index (κ3) is 2.58. The van der Waals surface area contributed by atoms with E-state index in [1.165, 1.54) is 11.5 Å². The highest BCUT2D eigenvalue weighted by Gasteiger charge is 2.21. The number of hydrogen-bond acceptors (Lipinski definition) is 5. The van der Waals surface area contributed by atoms with E-state index in [1.54, 1.807) is 0 Å². The van der Waals surface area contributed by atoms with Crippen LogP contribution in [0.2, 0.25) is 0 Å². The normalized spacial score (nSPS) is 17.8. The Morgan fingerprint density at radius 2 is 2.50 bits per heavy atom. The van der Waals surface area contributed by atoms with Gasteiger partial charge in [-0.3, -0.25) is 4.79 Å². The average Bonchev–Trinajstić information content (AvgIpc) is 3.12. The Morgan fingerprint density at radius 1 is 1.60 bits per heavy atom. The molecule has 7 heteroatoms. The van der Waals surface area contributed by atoms with Gasteiger partial charge in [0.25, 0.3) is 5.91 Å². The minimum Gasteiger partial charge on any atom is -0.351 e. The number of imidazole rings is 1. The van der Waals surface area contributed by atoms with Crippen molar-refractivity contribution >= 4 is 17.4 Å². The fraction of sp³-hybridized carbons (Fsp3) is 0.538. The monoisotopic (exact) mass is 291 g/mol. The molecule has 2 aromatic rings. The lowest BCUT2D eigenvalue weighted by Crippen LogP contribution is -2.33. The highest BCUT2D eigenvalue weighted by Crippen LogP contribution is 2.18. The number of fused-ring (bicyclic) bond motifs is 1. The number of aromatic nitrogens is 4. The van der Waals surface area contributed by atoms with E-state index in [2.05, 4.69) is 24.5 Å². The lowest BCUT2D eigenvalue weighted by atomic mass is 9.98. The molecule has 3 heterocycles. The summed E-state index contributed by atoms with van der Waals surface area (Å²) in [6.45, 7) is 3.65. The number of nitrogens with zero attached hydrogens (tertiary/aromatic N) is 4. The molecule has 3 rings (SSSR count). The minimum absolute atomic E-state index is 0.0502. The summed E-state index contributed by atoms with van der Waals surface area (Å²) in [4.78, 5) is 17.1. The van der Waals surface area contributed by atoms with Gasteiger partial charge >= 0.3 is 0 Å². The van der Waals surface area contributed by atoms with Crippen molar-refractivity contribution in [1.82, 2.24) is 24.5 Å². The van der Waals surface area contributed by atoms with Crippen molar-refractivity contribution < 1.29 is 4.79 Å². The van der Waals surface area contributed by atoms with Crippen LogP contribution in [0.1, 0.15) is 34.5 Å². The molecule has 0 fully saturated rings. The Bertz CT molecular complexity index is 605. The fourth-order valence-corrected chi connectivity index (χ4v) is 3.19. The van der Waals surface area contributed by atoms with Gasteiger partial charge in [-0.15, -0.1) is 5.10 Å². The minimum atomic E-state index is -0.0502. The molecule has 1 N–H and O–H groups in total. The maximum atomic E-state index is 12.1. The Balaban J connectivity index is 1.57.